The molecule has 0 fully saturated rings. The van der Waals surface area contributed by atoms with E-state index in [-0.39, 0.29) is 5.91 Å². The van der Waals surface area contributed by atoms with Crippen molar-refractivity contribution >= 4 is 22.4 Å². The molecule has 160 valence electrons. The van der Waals surface area contributed by atoms with Gasteiger partial charge < -0.3 is 5.32 Å². The van der Waals surface area contributed by atoms with Crippen molar-refractivity contribution in [2.45, 2.75) is 27.1 Å². The summed E-state index contributed by atoms with van der Waals surface area (Å²) in [5, 5.41) is 18.5. The Labute approximate surface area is 185 Å². The number of aromatic nitrogens is 6. The summed E-state index contributed by atoms with van der Waals surface area (Å²) in [6.07, 6.45) is 5.25. The van der Waals surface area contributed by atoms with Crippen molar-refractivity contribution in [2.24, 2.45) is 0 Å². The second kappa shape index (κ2) is 8.14. The van der Waals surface area contributed by atoms with Crippen molar-refractivity contribution in [3.63, 3.8) is 0 Å². The van der Waals surface area contributed by atoms with Crippen LogP contribution < -0.4 is 5.32 Å². The van der Waals surface area contributed by atoms with Gasteiger partial charge in [-0.05, 0) is 42.3 Å². The van der Waals surface area contributed by atoms with Crippen LogP contribution in [0.15, 0.2) is 73.2 Å². The van der Waals surface area contributed by atoms with E-state index in [0.717, 1.165) is 11.4 Å². The van der Waals surface area contributed by atoms with Gasteiger partial charge in [0.15, 0.2) is 5.69 Å². The molecule has 1 amide bonds. The van der Waals surface area contributed by atoms with Crippen LogP contribution in [0.1, 0.15) is 27.4 Å². The number of fused-ring (bicyclic) bond motifs is 1. The van der Waals surface area contributed by atoms with Crippen molar-refractivity contribution in [3.05, 3.63) is 95.8 Å². The van der Waals surface area contributed by atoms with E-state index in [1.807, 2.05) is 53.7 Å². The molecule has 8 nitrogen and oxygen atoms in total. The van der Waals surface area contributed by atoms with Crippen LogP contribution >= 0.6 is 0 Å². The van der Waals surface area contributed by atoms with Crippen LogP contribution in [0.4, 0.5) is 5.69 Å². The van der Waals surface area contributed by atoms with Crippen LogP contribution in [0.2, 0.25) is 0 Å². The number of hydrogen-bond donors (Lipinski definition) is 1. The second-order valence-corrected chi connectivity index (χ2v) is 7.83. The molecule has 0 saturated heterocycles. The van der Waals surface area contributed by atoms with E-state index in [9.17, 15) is 4.79 Å². The zero-order valence-corrected chi connectivity index (χ0v) is 17.9. The summed E-state index contributed by atoms with van der Waals surface area (Å²) in [6.45, 7) is 5.02. The quantitative estimate of drug-likeness (QED) is 0.448. The molecule has 5 aromatic rings. The van der Waals surface area contributed by atoms with Crippen LogP contribution in [0.5, 0.6) is 0 Å². The lowest BCUT2D eigenvalue weighted by molar-refractivity contribution is 0.102. The van der Waals surface area contributed by atoms with Crippen molar-refractivity contribution in [3.8, 4) is 0 Å². The van der Waals surface area contributed by atoms with Gasteiger partial charge in [0.1, 0.15) is 6.67 Å². The molecular formula is C24H23N7O. The normalized spacial score (nSPS) is 11.2. The third kappa shape index (κ3) is 4.02. The standard InChI is InChI=1S/C24H23N7O/c1-17-12-18(2)31(27-17)16-29-11-10-23(28-29)24(32)26-21-13-25-30(15-21)14-20-8-5-7-19-6-3-4-9-22(19)20/h3-13,15H,14,16H2,1-2H3,(H,26,32). The molecule has 0 spiro atoms. The van der Waals surface area contributed by atoms with E-state index in [0.29, 0.717) is 24.6 Å². The number of amides is 1. The van der Waals surface area contributed by atoms with Crippen LogP contribution in [0, 0.1) is 13.8 Å². The molecule has 0 aliphatic rings. The number of hydrogen-bond acceptors (Lipinski definition) is 4. The number of carbonyl (C=O) groups is 1. The van der Waals surface area contributed by atoms with E-state index < -0.39 is 0 Å². The van der Waals surface area contributed by atoms with Gasteiger partial charge in [-0.2, -0.15) is 15.3 Å². The molecule has 1 N–H and O–H groups in total. The first-order valence-electron chi connectivity index (χ1n) is 10.4. The van der Waals surface area contributed by atoms with Crippen molar-refractivity contribution in [1.82, 2.24) is 29.3 Å². The molecule has 8 heteroatoms. The number of nitrogens with zero attached hydrogens (tertiary/aromatic N) is 6. The Balaban J connectivity index is 1.26. The van der Waals surface area contributed by atoms with Gasteiger partial charge in [0.25, 0.3) is 5.91 Å². The number of rotatable bonds is 6. The summed E-state index contributed by atoms with van der Waals surface area (Å²) in [5.74, 6) is -0.276. The number of anilines is 1. The van der Waals surface area contributed by atoms with Gasteiger partial charge >= 0.3 is 0 Å². The lowest BCUT2D eigenvalue weighted by Crippen LogP contribution is -2.15. The first-order valence-corrected chi connectivity index (χ1v) is 10.4. The molecule has 0 saturated carbocycles. The molecule has 3 heterocycles. The molecule has 0 unspecified atom stereocenters. The molecule has 3 aromatic heterocycles. The summed E-state index contributed by atoms with van der Waals surface area (Å²) in [4.78, 5) is 12.6. The lowest BCUT2D eigenvalue weighted by atomic mass is 10.0. The number of benzene rings is 2. The number of aryl methyl sites for hydroxylation is 2. The maximum atomic E-state index is 12.6. The third-order valence-electron chi connectivity index (χ3n) is 5.36. The maximum Gasteiger partial charge on any atom is 0.276 e. The van der Waals surface area contributed by atoms with Crippen LogP contribution in [-0.2, 0) is 13.2 Å². The molecule has 0 atom stereocenters. The molecule has 2 aromatic carbocycles. The highest BCUT2D eigenvalue weighted by molar-refractivity contribution is 6.02. The topological polar surface area (TPSA) is 82.6 Å². The van der Waals surface area contributed by atoms with Gasteiger partial charge in [0, 0.05) is 18.1 Å². The summed E-state index contributed by atoms with van der Waals surface area (Å²) in [7, 11) is 0. The summed E-state index contributed by atoms with van der Waals surface area (Å²) in [5.41, 5.74) is 4.14. The van der Waals surface area contributed by atoms with Gasteiger partial charge in [0.05, 0.1) is 24.1 Å². The van der Waals surface area contributed by atoms with Gasteiger partial charge in [-0.25, -0.2) is 4.68 Å². The van der Waals surface area contributed by atoms with Crippen LogP contribution in [-0.4, -0.2) is 35.2 Å². The zero-order chi connectivity index (χ0) is 22.1. The molecule has 0 bridgehead atoms. The van der Waals surface area contributed by atoms with Crippen molar-refractivity contribution in [2.75, 3.05) is 5.32 Å². The minimum Gasteiger partial charge on any atom is -0.318 e. The average molecular weight is 425 g/mol. The SMILES string of the molecule is Cc1cc(C)n(Cn2ccc(C(=O)Nc3cnn(Cc4cccc5ccccc45)c3)n2)n1. The van der Waals surface area contributed by atoms with Crippen LogP contribution in [0.25, 0.3) is 10.8 Å². The maximum absolute atomic E-state index is 12.6. The minimum absolute atomic E-state index is 0.276. The fourth-order valence-corrected chi connectivity index (χ4v) is 3.83. The Kier molecular flexibility index (Phi) is 5.03. The van der Waals surface area contributed by atoms with E-state index >= 15 is 0 Å². The highest BCUT2D eigenvalue weighted by atomic mass is 16.2. The second-order valence-electron chi connectivity index (χ2n) is 7.83. The van der Waals surface area contributed by atoms with E-state index in [1.165, 1.54) is 16.3 Å². The van der Waals surface area contributed by atoms with Gasteiger partial charge in [-0.3, -0.25) is 14.2 Å². The molecule has 0 radical (unpaired) electrons. The Bertz CT molecular complexity index is 1400. The Morgan fingerprint density at radius 1 is 1.00 bits per heavy atom. The smallest absolute Gasteiger partial charge is 0.276 e. The minimum atomic E-state index is -0.276. The first-order chi connectivity index (χ1) is 15.5. The van der Waals surface area contributed by atoms with Gasteiger partial charge in [0.2, 0.25) is 0 Å². The third-order valence-corrected chi connectivity index (χ3v) is 5.36. The Hall–Kier alpha value is -4.20. The fraction of sp³-hybridized carbons (Fsp3) is 0.167. The Morgan fingerprint density at radius 2 is 1.84 bits per heavy atom. The van der Waals surface area contributed by atoms with Gasteiger partial charge in [-0.1, -0.05) is 42.5 Å². The zero-order valence-electron chi connectivity index (χ0n) is 17.9. The number of carbonyl (C=O) groups excluding carboxylic acids is 1. The van der Waals surface area contributed by atoms with Crippen molar-refractivity contribution < 1.29 is 4.79 Å². The molecule has 0 aliphatic carbocycles. The van der Waals surface area contributed by atoms with E-state index in [1.54, 1.807) is 23.1 Å². The highest BCUT2D eigenvalue weighted by Crippen LogP contribution is 2.20. The largest absolute Gasteiger partial charge is 0.318 e. The molecule has 32 heavy (non-hydrogen) atoms. The van der Waals surface area contributed by atoms with E-state index in [4.69, 9.17) is 0 Å². The lowest BCUT2D eigenvalue weighted by Gasteiger charge is -2.06. The summed E-state index contributed by atoms with van der Waals surface area (Å²) >= 11 is 0. The summed E-state index contributed by atoms with van der Waals surface area (Å²) < 4.78 is 5.36. The highest BCUT2D eigenvalue weighted by Gasteiger charge is 2.12. The monoisotopic (exact) mass is 425 g/mol. The average Bonchev–Trinajstić information content (AvgIpc) is 3.50. The molecule has 0 aliphatic heterocycles. The van der Waals surface area contributed by atoms with E-state index in [2.05, 4.69) is 44.9 Å². The predicted molar refractivity (Wildman–Crippen MR) is 123 cm³/mol. The summed E-state index contributed by atoms with van der Waals surface area (Å²) in [6, 6.07) is 18.2. The Morgan fingerprint density at radius 3 is 2.69 bits per heavy atom. The fourth-order valence-electron chi connectivity index (χ4n) is 3.83. The molecule has 5 rings (SSSR count). The van der Waals surface area contributed by atoms with Crippen LogP contribution in [0.3, 0.4) is 0 Å². The molecular weight excluding hydrogens is 402 g/mol. The predicted octanol–water partition coefficient (Wildman–Crippen LogP) is 3.85. The number of nitrogens with one attached hydrogen (secondary N) is 1. The van der Waals surface area contributed by atoms with Gasteiger partial charge in [-0.15, -0.1) is 0 Å². The van der Waals surface area contributed by atoms with Crippen molar-refractivity contribution in [1.29, 1.82) is 0 Å². The first kappa shape index (κ1) is 19.7.